The second-order valence-electron chi connectivity index (χ2n) is 5.70. The molecule has 134 valence electrons. The lowest BCUT2D eigenvalue weighted by molar-refractivity contribution is 0.301. The molecule has 0 amide bonds. The second-order valence-corrected chi connectivity index (χ2v) is 6.49. The van der Waals surface area contributed by atoms with Crippen LogP contribution in [0.4, 0.5) is 4.39 Å². The Balaban J connectivity index is 1.75. The summed E-state index contributed by atoms with van der Waals surface area (Å²) in [4.78, 5) is 12.5. The summed E-state index contributed by atoms with van der Waals surface area (Å²) in [5, 5.41) is 0. The molecule has 0 saturated carbocycles. The molecular formula is C20H17BrFNO3. The van der Waals surface area contributed by atoms with Gasteiger partial charge in [0.2, 0.25) is 0 Å². The highest BCUT2D eigenvalue weighted by Crippen LogP contribution is 2.22. The normalized spacial score (nSPS) is 10.6. The van der Waals surface area contributed by atoms with Gasteiger partial charge in [0.05, 0.1) is 13.7 Å². The van der Waals surface area contributed by atoms with Gasteiger partial charge in [-0.3, -0.25) is 4.79 Å². The van der Waals surface area contributed by atoms with Crippen LogP contribution in [-0.2, 0) is 13.2 Å². The summed E-state index contributed by atoms with van der Waals surface area (Å²) in [5.74, 6) is 0.872. The van der Waals surface area contributed by atoms with Crippen molar-refractivity contribution in [1.29, 1.82) is 0 Å². The lowest BCUT2D eigenvalue weighted by Gasteiger charge is -2.12. The maximum absolute atomic E-state index is 13.3. The van der Waals surface area contributed by atoms with Crippen LogP contribution >= 0.6 is 15.9 Å². The van der Waals surface area contributed by atoms with Gasteiger partial charge in [-0.15, -0.1) is 0 Å². The number of pyridine rings is 1. The van der Waals surface area contributed by atoms with Gasteiger partial charge in [0.25, 0.3) is 5.56 Å². The third-order valence-corrected chi connectivity index (χ3v) is 4.57. The molecule has 3 aromatic rings. The van der Waals surface area contributed by atoms with E-state index in [-0.39, 0.29) is 17.9 Å². The van der Waals surface area contributed by atoms with Crippen molar-refractivity contribution in [2.24, 2.45) is 0 Å². The second kappa shape index (κ2) is 8.19. The average molecular weight is 418 g/mol. The van der Waals surface area contributed by atoms with Crippen LogP contribution in [0.1, 0.15) is 11.1 Å². The molecule has 26 heavy (non-hydrogen) atoms. The minimum absolute atomic E-state index is 0.239. The van der Waals surface area contributed by atoms with Gasteiger partial charge in [0.15, 0.2) is 0 Å². The van der Waals surface area contributed by atoms with Crippen LogP contribution in [0.25, 0.3) is 0 Å². The molecule has 4 nitrogen and oxygen atoms in total. The largest absolute Gasteiger partial charge is 0.497 e. The number of rotatable bonds is 6. The summed E-state index contributed by atoms with van der Waals surface area (Å²) >= 11 is 3.30. The topological polar surface area (TPSA) is 40.5 Å². The van der Waals surface area contributed by atoms with Crippen LogP contribution in [0.15, 0.2) is 70.1 Å². The highest BCUT2D eigenvalue weighted by atomic mass is 79.9. The zero-order valence-corrected chi connectivity index (χ0v) is 15.7. The van der Waals surface area contributed by atoms with Gasteiger partial charge in [-0.05, 0) is 57.4 Å². The number of methoxy groups -OCH3 is 1. The van der Waals surface area contributed by atoms with Gasteiger partial charge in [-0.1, -0.05) is 24.3 Å². The van der Waals surface area contributed by atoms with Crippen molar-refractivity contribution in [1.82, 2.24) is 4.57 Å². The molecule has 0 saturated heterocycles. The first kappa shape index (κ1) is 18.2. The molecule has 0 aliphatic heterocycles. The van der Waals surface area contributed by atoms with Crippen molar-refractivity contribution in [3.63, 3.8) is 0 Å². The van der Waals surface area contributed by atoms with E-state index in [1.165, 1.54) is 16.7 Å². The fraction of sp³-hybridized carbons (Fsp3) is 0.150. The average Bonchev–Trinajstić information content (AvgIpc) is 2.65. The van der Waals surface area contributed by atoms with Crippen LogP contribution in [0.5, 0.6) is 11.5 Å². The summed E-state index contributed by atoms with van der Waals surface area (Å²) in [5.41, 5.74) is 1.40. The first-order chi connectivity index (χ1) is 12.6. The summed E-state index contributed by atoms with van der Waals surface area (Å²) < 4.78 is 26.1. The van der Waals surface area contributed by atoms with Crippen molar-refractivity contribution in [3.05, 3.63) is 92.6 Å². The van der Waals surface area contributed by atoms with Gasteiger partial charge in [-0.25, -0.2) is 4.39 Å². The number of ether oxygens (including phenoxy) is 2. The Morgan fingerprint density at radius 3 is 2.62 bits per heavy atom. The van der Waals surface area contributed by atoms with E-state index in [4.69, 9.17) is 9.47 Å². The highest BCUT2D eigenvalue weighted by molar-refractivity contribution is 9.10. The van der Waals surface area contributed by atoms with E-state index >= 15 is 0 Å². The van der Waals surface area contributed by atoms with Crippen molar-refractivity contribution in [2.45, 2.75) is 13.2 Å². The highest BCUT2D eigenvalue weighted by Gasteiger charge is 2.10. The molecule has 6 heteroatoms. The fourth-order valence-electron chi connectivity index (χ4n) is 2.52. The Labute approximate surface area is 158 Å². The van der Waals surface area contributed by atoms with Crippen molar-refractivity contribution >= 4 is 15.9 Å². The molecule has 1 heterocycles. The van der Waals surface area contributed by atoms with E-state index in [0.29, 0.717) is 22.4 Å². The van der Waals surface area contributed by atoms with E-state index < -0.39 is 0 Å². The van der Waals surface area contributed by atoms with Crippen molar-refractivity contribution in [3.8, 4) is 11.5 Å². The number of halogens is 2. The summed E-state index contributed by atoms with van der Waals surface area (Å²) in [6.45, 7) is 0.592. The van der Waals surface area contributed by atoms with Crippen LogP contribution in [0, 0.1) is 5.82 Å². The molecule has 0 fully saturated rings. The minimum atomic E-state index is -0.326. The standard InChI is InChI=1S/C20H17BrFNO3/c1-25-17-7-3-5-15(11-17)13-26-18-8-9-23(20(24)19(18)21)12-14-4-2-6-16(22)10-14/h2-11H,12-13H2,1H3. The van der Waals surface area contributed by atoms with Crippen LogP contribution in [0.3, 0.4) is 0 Å². The van der Waals surface area contributed by atoms with Gasteiger partial charge >= 0.3 is 0 Å². The molecule has 0 unspecified atom stereocenters. The fourth-order valence-corrected chi connectivity index (χ4v) is 3.00. The molecule has 0 bridgehead atoms. The van der Waals surface area contributed by atoms with Gasteiger partial charge < -0.3 is 14.0 Å². The molecule has 0 radical (unpaired) electrons. The quantitative estimate of drug-likeness (QED) is 0.597. The van der Waals surface area contributed by atoms with E-state index in [2.05, 4.69) is 15.9 Å². The number of hydrogen-bond acceptors (Lipinski definition) is 3. The Hall–Kier alpha value is -2.60. The lowest BCUT2D eigenvalue weighted by Crippen LogP contribution is -2.21. The van der Waals surface area contributed by atoms with E-state index in [9.17, 15) is 9.18 Å². The maximum atomic E-state index is 13.3. The summed E-state index contributed by atoms with van der Waals surface area (Å²) in [6, 6.07) is 15.4. The van der Waals surface area contributed by atoms with Crippen molar-refractivity contribution in [2.75, 3.05) is 7.11 Å². The number of benzene rings is 2. The molecule has 0 aliphatic carbocycles. The molecule has 0 spiro atoms. The molecule has 2 aromatic carbocycles. The van der Waals surface area contributed by atoms with Gasteiger partial charge in [0, 0.05) is 6.20 Å². The van der Waals surface area contributed by atoms with Crippen LogP contribution in [-0.4, -0.2) is 11.7 Å². The Morgan fingerprint density at radius 1 is 1.08 bits per heavy atom. The molecular weight excluding hydrogens is 401 g/mol. The monoisotopic (exact) mass is 417 g/mol. The number of nitrogens with zero attached hydrogens (tertiary/aromatic N) is 1. The number of hydrogen-bond donors (Lipinski definition) is 0. The number of aromatic nitrogens is 1. The first-order valence-electron chi connectivity index (χ1n) is 7.96. The first-order valence-corrected chi connectivity index (χ1v) is 8.75. The zero-order valence-electron chi connectivity index (χ0n) is 14.1. The van der Waals surface area contributed by atoms with E-state index in [0.717, 1.165) is 11.3 Å². The maximum Gasteiger partial charge on any atom is 0.268 e. The minimum Gasteiger partial charge on any atom is -0.497 e. The summed E-state index contributed by atoms with van der Waals surface area (Å²) in [6.07, 6.45) is 1.64. The van der Waals surface area contributed by atoms with Crippen LogP contribution in [0.2, 0.25) is 0 Å². The van der Waals surface area contributed by atoms with Gasteiger partial charge in [0.1, 0.15) is 28.4 Å². The summed E-state index contributed by atoms with van der Waals surface area (Å²) in [7, 11) is 1.61. The molecule has 1 aromatic heterocycles. The van der Waals surface area contributed by atoms with Gasteiger partial charge in [-0.2, -0.15) is 0 Å². The Morgan fingerprint density at radius 2 is 1.85 bits per heavy atom. The smallest absolute Gasteiger partial charge is 0.268 e. The molecule has 0 aliphatic rings. The Kier molecular flexibility index (Phi) is 5.73. The third-order valence-electron chi connectivity index (χ3n) is 3.84. The van der Waals surface area contributed by atoms with E-state index in [1.807, 2.05) is 24.3 Å². The third kappa shape index (κ3) is 4.32. The Bertz CT molecular complexity index is 971. The molecule has 0 N–H and O–H groups in total. The SMILES string of the molecule is COc1cccc(COc2ccn(Cc3cccc(F)c3)c(=O)c2Br)c1. The van der Waals surface area contributed by atoms with Crippen LogP contribution < -0.4 is 15.0 Å². The molecule has 0 atom stereocenters. The zero-order chi connectivity index (χ0) is 18.5. The lowest BCUT2D eigenvalue weighted by atomic mass is 10.2. The predicted octanol–water partition coefficient (Wildman–Crippen LogP) is 4.39. The molecule has 3 rings (SSSR count). The van der Waals surface area contributed by atoms with Crippen molar-refractivity contribution < 1.29 is 13.9 Å². The predicted molar refractivity (Wildman–Crippen MR) is 101 cm³/mol. The van der Waals surface area contributed by atoms with E-state index in [1.54, 1.807) is 31.5 Å².